The van der Waals surface area contributed by atoms with E-state index in [2.05, 4.69) is 18.9 Å². The van der Waals surface area contributed by atoms with Crippen LogP contribution in [0.5, 0.6) is 5.75 Å². The first-order valence-electron chi connectivity index (χ1n) is 6.28. The summed E-state index contributed by atoms with van der Waals surface area (Å²) in [5, 5.41) is 0. The highest BCUT2D eigenvalue weighted by Crippen LogP contribution is 2.20. The number of unbranched alkanes of at least 4 members (excludes halogenated alkanes) is 2. The fourth-order valence-electron chi connectivity index (χ4n) is 1.85. The Balaban J connectivity index is 2.54. The highest BCUT2D eigenvalue weighted by atomic mass is 16.5. The molecular weight excluding hydrogens is 212 g/mol. The van der Waals surface area contributed by atoms with Gasteiger partial charge in [-0.15, -0.1) is 0 Å². The second-order valence-corrected chi connectivity index (χ2v) is 4.51. The second kappa shape index (κ2) is 7.17. The largest absolute Gasteiger partial charge is 0.497 e. The number of methoxy groups -OCH3 is 1. The predicted molar refractivity (Wildman–Crippen MR) is 73.3 cm³/mol. The minimum atomic E-state index is 0.841. The van der Waals surface area contributed by atoms with Crippen LogP contribution >= 0.6 is 0 Å². The first-order valence-corrected chi connectivity index (χ1v) is 6.28. The van der Waals surface area contributed by atoms with Crippen molar-refractivity contribution in [3.63, 3.8) is 0 Å². The molecule has 0 amide bonds. The van der Waals surface area contributed by atoms with Gasteiger partial charge in [-0.25, -0.2) is 0 Å². The van der Waals surface area contributed by atoms with E-state index in [-0.39, 0.29) is 0 Å². The molecule has 3 heteroatoms. The number of hydrogen-bond donors (Lipinski definition) is 1. The summed E-state index contributed by atoms with van der Waals surface area (Å²) < 4.78 is 5.22. The monoisotopic (exact) mass is 236 g/mol. The Morgan fingerprint density at radius 2 is 2.06 bits per heavy atom. The van der Waals surface area contributed by atoms with Crippen LogP contribution in [0.3, 0.4) is 0 Å². The first-order chi connectivity index (χ1) is 8.17. The molecule has 2 N–H and O–H groups in total. The zero-order chi connectivity index (χ0) is 12.7. The summed E-state index contributed by atoms with van der Waals surface area (Å²) in [4.78, 5) is 2.31. The van der Waals surface area contributed by atoms with Gasteiger partial charge in [-0.3, -0.25) is 0 Å². The van der Waals surface area contributed by atoms with Crippen LogP contribution in [0.25, 0.3) is 0 Å². The Labute approximate surface area is 105 Å². The van der Waals surface area contributed by atoms with Gasteiger partial charge in [-0.1, -0.05) is 19.8 Å². The van der Waals surface area contributed by atoms with Gasteiger partial charge in [0, 0.05) is 12.2 Å². The Morgan fingerprint density at radius 1 is 1.29 bits per heavy atom. The summed E-state index contributed by atoms with van der Waals surface area (Å²) in [5.74, 6) is 0.871. The van der Waals surface area contributed by atoms with Crippen molar-refractivity contribution >= 4 is 5.69 Å². The maximum Gasteiger partial charge on any atom is 0.119 e. The molecule has 1 rings (SSSR count). The molecular formula is C14H24N2O. The van der Waals surface area contributed by atoms with E-state index < -0.39 is 0 Å². The van der Waals surface area contributed by atoms with Crippen molar-refractivity contribution in [2.24, 2.45) is 0 Å². The smallest absolute Gasteiger partial charge is 0.119 e. The summed E-state index contributed by atoms with van der Waals surface area (Å²) >= 11 is 0. The molecule has 0 unspecified atom stereocenters. The van der Waals surface area contributed by atoms with Crippen LogP contribution in [-0.2, 0) is 6.54 Å². The topological polar surface area (TPSA) is 38.5 Å². The summed E-state index contributed by atoms with van der Waals surface area (Å²) in [6, 6.07) is 5.83. The van der Waals surface area contributed by atoms with Crippen LogP contribution in [0.1, 0.15) is 31.7 Å². The Bertz CT molecular complexity index is 339. The van der Waals surface area contributed by atoms with Crippen LogP contribution in [0.15, 0.2) is 18.2 Å². The fourth-order valence-corrected chi connectivity index (χ4v) is 1.85. The molecule has 0 aromatic heterocycles. The van der Waals surface area contributed by atoms with Crippen LogP contribution in [-0.4, -0.2) is 25.6 Å². The van der Waals surface area contributed by atoms with Crippen molar-refractivity contribution in [2.45, 2.75) is 32.7 Å². The quantitative estimate of drug-likeness (QED) is 0.584. The van der Waals surface area contributed by atoms with E-state index in [1.54, 1.807) is 7.11 Å². The number of rotatable bonds is 7. The van der Waals surface area contributed by atoms with Crippen molar-refractivity contribution < 1.29 is 4.74 Å². The Hall–Kier alpha value is -1.22. The maximum atomic E-state index is 5.97. The Kier molecular flexibility index (Phi) is 5.84. The van der Waals surface area contributed by atoms with Gasteiger partial charge in [-0.05, 0) is 43.8 Å². The molecule has 1 aromatic carbocycles. The zero-order valence-corrected chi connectivity index (χ0v) is 11.2. The molecule has 1 aromatic rings. The standard InChI is InChI=1S/C14H24N2O/c1-4-5-6-9-16(2)11-12-10-13(17-3)7-8-14(12)15/h7-8,10H,4-6,9,11,15H2,1-3H3. The van der Waals surface area contributed by atoms with Gasteiger partial charge in [-0.2, -0.15) is 0 Å². The molecule has 17 heavy (non-hydrogen) atoms. The number of hydrogen-bond acceptors (Lipinski definition) is 3. The molecule has 0 atom stereocenters. The lowest BCUT2D eigenvalue weighted by molar-refractivity contribution is 0.318. The van der Waals surface area contributed by atoms with Crippen molar-refractivity contribution in [3.05, 3.63) is 23.8 Å². The van der Waals surface area contributed by atoms with Crippen LogP contribution in [0.2, 0.25) is 0 Å². The van der Waals surface area contributed by atoms with E-state index in [1.807, 2.05) is 18.2 Å². The Morgan fingerprint density at radius 3 is 2.71 bits per heavy atom. The molecule has 0 aliphatic heterocycles. The minimum Gasteiger partial charge on any atom is -0.497 e. The average Bonchev–Trinajstić information content (AvgIpc) is 2.32. The molecule has 0 saturated heterocycles. The van der Waals surface area contributed by atoms with Gasteiger partial charge in [0.05, 0.1) is 7.11 Å². The van der Waals surface area contributed by atoms with Crippen LogP contribution in [0, 0.1) is 0 Å². The van der Waals surface area contributed by atoms with Crippen molar-refractivity contribution in [1.82, 2.24) is 4.90 Å². The van der Waals surface area contributed by atoms with E-state index in [1.165, 1.54) is 19.3 Å². The van der Waals surface area contributed by atoms with Gasteiger partial charge in [0.2, 0.25) is 0 Å². The molecule has 96 valence electrons. The van der Waals surface area contributed by atoms with Crippen LogP contribution in [0.4, 0.5) is 5.69 Å². The molecule has 0 radical (unpaired) electrons. The molecule has 0 fully saturated rings. The van der Waals surface area contributed by atoms with E-state index in [9.17, 15) is 0 Å². The summed E-state index contributed by atoms with van der Waals surface area (Å²) in [7, 11) is 3.81. The van der Waals surface area contributed by atoms with Crippen molar-refractivity contribution in [2.75, 3.05) is 26.4 Å². The summed E-state index contributed by atoms with van der Waals surface area (Å²) in [5.41, 5.74) is 7.95. The van der Waals surface area contributed by atoms with Crippen LogP contribution < -0.4 is 10.5 Å². The normalized spacial score (nSPS) is 10.8. The molecule has 0 saturated carbocycles. The highest BCUT2D eigenvalue weighted by molar-refractivity contribution is 5.50. The van der Waals surface area contributed by atoms with Gasteiger partial charge >= 0.3 is 0 Å². The van der Waals surface area contributed by atoms with E-state index in [0.29, 0.717) is 0 Å². The summed E-state index contributed by atoms with van der Waals surface area (Å²) in [6.07, 6.45) is 3.80. The molecule has 0 spiro atoms. The molecule has 3 nitrogen and oxygen atoms in total. The molecule has 0 heterocycles. The third kappa shape index (κ3) is 4.65. The SMILES string of the molecule is CCCCCN(C)Cc1cc(OC)ccc1N. The van der Waals surface area contributed by atoms with Gasteiger partial charge in [0.25, 0.3) is 0 Å². The maximum absolute atomic E-state index is 5.97. The summed E-state index contributed by atoms with van der Waals surface area (Å²) in [6.45, 7) is 4.22. The van der Waals surface area contributed by atoms with Gasteiger partial charge in [0.15, 0.2) is 0 Å². The number of anilines is 1. The number of nitrogen functional groups attached to an aromatic ring is 1. The lowest BCUT2D eigenvalue weighted by Crippen LogP contribution is -2.19. The number of nitrogens with two attached hydrogens (primary N) is 1. The number of benzene rings is 1. The average molecular weight is 236 g/mol. The van der Waals surface area contributed by atoms with Gasteiger partial charge in [0.1, 0.15) is 5.75 Å². The second-order valence-electron chi connectivity index (χ2n) is 4.51. The zero-order valence-electron chi connectivity index (χ0n) is 11.2. The van der Waals surface area contributed by atoms with Crippen molar-refractivity contribution in [1.29, 1.82) is 0 Å². The van der Waals surface area contributed by atoms with E-state index in [0.717, 1.165) is 30.1 Å². The molecule has 0 aliphatic rings. The van der Waals surface area contributed by atoms with E-state index >= 15 is 0 Å². The third-order valence-corrected chi connectivity index (χ3v) is 2.93. The van der Waals surface area contributed by atoms with E-state index in [4.69, 9.17) is 10.5 Å². The molecule has 0 aliphatic carbocycles. The lowest BCUT2D eigenvalue weighted by Gasteiger charge is -2.18. The number of nitrogens with zero attached hydrogens (tertiary/aromatic N) is 1. The number of ether oxygens (including phenoxy) is 1. The first kappa shape index (κ1) is 13.8. The minimum absolute atomic E-state index is 0.841. The third-order valence-electron chi connectivity index (χ3n) is 2.93. The lowest BCUT2D eigenvalue weighted by atomic mass is 10.1. The van der Waals surface area contributed by atoms with Gasteiger partial charge < -0.3 is 15.4 Å². The fraction of sp³-hybridized carbons (Fsp3) is 0.571. The highest BCUT2D eigenvalue weighted by Gasteiger charge is 2.05. The molecule has 0 bridgehead atoms. The predicted octanol–water partition coefficient (Wildman–Crippen LogP) is 2.90. The van der Waals surface area contributed by atoms with Crippen molar-refractivity contribution in [3.8, 4) is 5.75 Å².